The van der Waals surface area contributed by atoms with Crippen molar-refractivity contribution in [3.63, 3.8) is 0 Å². The molecule has 2 aromatic heterocycles. The van der Waals surface area contributed by atoms with Gasteiger partial charge >= 0.3 is 0 Å². The van der Waals surface area contributed by atoms with E-state index in [9.17, 15) is 0 Å². The topological polar surface area (TPSA) is 68.8 Å². The van der Waals surface area contributed by atoms with Crippen LogP contribution in [0.2, 0.25) is 0 Å². The van der Waals surface area contributed by atoms with Gasteiger partial charge in [-0.3, -0.25) is 15.5 Å². The molecule has 0 aliphatic carbocycles. The summed E-state index contributed by atoms with van der Waals surface area (Å²) in [6.07, 6.45) is 1.85. The van der Waals surface area contributed by atoms with Crippen molar-refractivity contribution in [2.45, 2.75) is 26.8 Å². The molecular formula is C13H19N5. The number of hydrazine groups is 1. The largest absolute Gasteiger partial charge is 0.272 e. The van der Waals surface area contributed by atoms with Crippen LogP contribution in [0.15, 0.2) is 18.3 Å². The molecule has 18 heavy (non-hydrogen) atoms. The molecule has 1 unspecified atom stereocenters. The lowest BCUT2D eigenvalue weighted by atomic mass is 9.99. The third-order valence-corrected chi connectivity index (χ3v) is 3.29. The van der Waals surface area contributed by atoms with Crippen LogP contribution < -0.4 is 11.3 Å². The normalized spacial score (nSPS) is 12.7. The summed E-state index contributed by atoms with van der Waals surface area (Å²) < 4.78 is 1.87. The van der Waals surface area contributed by atoms with E-state index in [1.807, 2.05) is 50.8 Å². The van der Waals surface area contributed by atoms with Crippen LogP contribution in [-0.2, 0) is 7.05 Å². The van der Waals surface area contributed by atoms with E-state index in [4.69, 9.17) is 5.84 Å². The van der Waals surface area contributed by atoms with Gasteiger partial charge in [0, 0.05) is 30.2 Å². The Kier molecular flexibility index (Phi) is 3.45. The molecular weight excluding hydrogens is 226 g/mol. The first-order chi connectivity index (χ1) is 8.54. The number of nitrogens with one attached hydrogen (secondary N) is 1. The third-order valence-electron chi connectivity index (χ3n) is 3.29. The molecule has 0 radical (unpaired) electrons. The maximum absolute atomic E-state index is 5.71. The number of nitrogens with zero attached hydrogens (tertiary/aromatic N) is 3. The summed E-state index contributed by atoms with van der Waals surface area (Å²) in [6, 6.07) is 3.95. The van der Waals surface area contributed by atoms with Crippen molar-refractivity contribution in [1.82, 2.24) is 20.2 Å². The molecule has 0 saturated carbocycles. The second-order valence-corrected chi connectivity index (χ2v) is 4.54. The van der Waals surface area contributed by atoms with Crippen LogP contribution in [0.25, 0.3) is 0 Å². The zero-order chi connectivity index (χ0) is 13.3. The Hall–Kier alpha value is -1.72. The van der Waals surface area contributed by atoms with Crippen molar-refractivity contribution >= 4 is 0 Å². The Morgan fingerprint density at radius 2 is 2.00 bits per heavy atom. The molecule has 0 aliphatic heterocycles. The highest BCUT2D eigenvalue weighted by atomic mass is 15.3. The highest BCUT2D eigenvalue weighted by Gasteiger charge is 2.20. The standard InChI is InChI=1S/C13H19N5/c1-8-5-6-11(7-15-8)13(16-14)12-9(2)17-18(4)10(12)3/h5-7,13,16H,14H2,1-4H3. The fourth-order valence-electron chi connectivity index (χ4n) is 2.20. The Morgan fingerprint density at radius 3 is 2.44 bits per heavy atom. The quantitative estimate of drug-likeness (QED) is 0.631. The van der Waals surface area contributed by atoms with Crippen LogP contribution in [0, 0.1) is 20.8 Å². The van der Waals surface area contributed by atoms with Gasteiger partial charge in [0.1, 0.15) is 0 Å². The number of nitrogens with two attached hydrogens (primary N) is 1. The van der Waals surface area contributed by atoms with E-state index in [0.29, 0.717) is 0 Å². The van der Waals surface area contributed by atoms with E-state index in [1.165, 1.54) is 0 Å². The zero-order valence-corrected chi connectivity index (χ0v) is 11.2. The number of hydrogen-bond acceptors (Lipinski definition) is 4. The minimum Gasteiger partial charge on any atom is -0.272 e. The number of hydrogen-bond donors (Lipinski definition) is 2. The van der Waals surface area contributed by atoms with Crippen molar-refractivity contribution in [3.8, 4) is 0 Å². The molecule has 0 aromatic carbocycles. The summed E-state index contributed by atoms with van der Waals surface area (Å²) in [5, 5.41) is 4.42. The highest BCUT2D eigenvalue weighted by molar-refractivity contribution is 5.36. The summed E-state index contributed by atoms with van der Waals surface area (Å²) in [5.41, 5.74) is 8.10. The van der Waals surface area contributed by atoms with Crippen molar-refractivity contribution in [2.24, 2.45) is 12.9 Å². The van der Waals surface area contributed by atoms with E-state index >= 15 is 0 Å². The lowest BCUT2D eigenvalue weighted by molar-refractivity contribution is 0.626. The molecule has 0 bridgehead atoms. The van der Waals surface area contributed by atoms with Gasteiger partial charge in [0.2, 0.25) is 0 Å². The second-order valence-electron chi connectivity index (χ2n) is 4.54. The van der Waals surface area contributed by atoms with E-state index in [0.717, 1.165) is 28.2 Å². The summed E-state index contributed by atoms with van der Waals surface area (Å²) in [7, 11) is 1.94. The molecule has 0 amide bonds. The van der Waals surface area contributed by atoms with Gasteiger partial charge in [0.15, 0.2) is 0 Å². The van der Waals surface area contributed by atoms with E-state index < -0.39 is 0 Å². The summed E-state index contributed by atoms with van der Waals surface area (Å²) in [6.45, 7) is 6.00. The fraction of sp³-hybridized carbons (Fsp3) is 0.385. The maximum Gasteiger partial charge on any atom is 0.0760 e. The first-order valence-corrected chi connectivity index (χ1v) is 5.93. The van der Waals surface area contributed by atoms with Crippen molar-refractivity contribution < 1.29 is 0 Å². The molecule has 0 aliphatic rings. The second kappa shape index (κ2) is 4.88. The molecule has 96 valence electrons. The van der Waals surface area contributed by atoms with E-state index in [-0.39, 0.29) is 6.04 Å². The Labute approximate surface area is 107 Å². The smallest absolute Gasteiger partial charge is 0.0760 e. The highest BCUT2D eigenvalue weighted by Crippen LogP contribution is 2.26. The van der Waals surface area contributed by atoms with Crippen LogP contribution in [0.4, 0.5) is 0 Å². The molecule has 2 aromatic rings. The van der Waals surface area contributed by atoms with Gasteiger partial charge < -0.3 is 0 Å². The molecule has 2 rings (SSSR count). The minimum absolute atomic E-state index is 0.0770. The number of aryl methyl sites for hydroxylation is 3. The first-order valence-electron chi connectivity index (χ1n) is 5.93. The lowest BCUT2D eigenvalue weighted by Gasteiger charge is -2.17. The van der Waals surface area contributed by atoms with E-state index in [1.54, 1.807) is 0 Å². The molecule has 1 atom stereocenters. The molecule has 3 N–H and O–H groups in total. The monoisotopic (exact) mass is 245 g/mol. The van der Waals surface area contributed by atoms with Crippen LogP contribution in [0.1, 0.15) is 34.3 Å². The summed E-state index contributed by atoms with van der Waals surface area (Å²) in [4.78, 5) is 4.32. The summed E-state index contributed by atoms with van der Waals surface area (Å²) in [5.74, 6) is 5.71. The van der Waals surface area contributed by atoms with Crippen LogP contribution in [0.3, 0.4) is 0 Å². The fourth-order valence-corrected chi connectivity index (χ4v) is 2.20. The summed E-state index contributed by atoms with van der Waals surface area (Å²) >= 11 is 0. The molecule has 5 heteroatoms. The predicted molar refractivity (Wildman–Crippen MR) is 70.8 cm³/mol. The van der Waals surface area contributed by atoms with Gasteiger partial charge in [-0.2, -0.15) is 5.10 Å². The molecule has 5 nitrogen and oxygen atoms in total. The molecule has 0 saturated heterocycles. The average molecular weight is 245 g/mol. The van der Waals surface area contributed by atoms with Crippen molar-refractivity contribution in [1.29, 1.82) is 0 Å². The molecule has 2 heterocycles. The number of rotatable bonds is 3. The van der Waals surface area contributed by atoms with E-state index in [2.05, 4.69) is 15.5 Å². The zero-order valence-electron chi connectivity index (χ0n) is 11.2. The maximum atomic E-state index is 5.71. The van der Waals surface area contributed by atoms with Crippen LogP contribution >= 0.6 is 0 Å². The SMILES string of the molecule is Cc1ccc(C(NN)c2c(C)nn(C)c2C)cn1. The predicted octanol–water partition coefficient (Wildman–Crippen LogP) is 1.29. The lowest BCUT2D eigenvalue weighted by Crippen LogP contribution is -2.29. The van der Waals surface area contributed by atoms with Crippen LogP contribution in [0.5, 0.6) is 0 Å². The number of aromatic nitrogens is 3. The number of pyridine rings is 1. The Balaban J connectivity index is 2.48. The van der Waals surface area contributed by atoms with Gasteiger partial charge in [-0.1, -0.05) is 6.07 Å². The molecule has 0 fully saturated rings. The van der Waals surface area contributed by atoms with Crippen LogP contribution in [-0.4, -0.2) is 14.8 Å². The van der Waals surface area contributed by atoms with Gasteiger partial charge in [-0.05, 0) is 32.4 Å². The van der Waals surface area contributed by atoms with Gasteiger partial charge in [0.25, 0.3) is 0 Å². The van der Waals surface area contributed by atoms with Gasteiger partial charge in [0.05, 0.1) is 11.7 Å². The third kappa shape index (κ3) is 2.14. The average Bonchev–Trinajstić information content (AvgIpc) is 2.59. The minimum atomic E-state index is -0.0770. The molecule has 0 spiro atoms. The Morgan fingerprint density at radius 1 is 1.28 bits per heavy atom. The first kappa shape index (κ1) is 12.7. The Bertz CT molecular complexity index is 541. The van der Waals surface area contributed by atoms with Gasteiger partial charge in [-0.25, -0.2) is 5.43 Å². The van der Waals surface area contributed by atoms with Crippen molar-refractivity contribution in [2.75, 3.05) is 0 Å². The van der Waals surface area contributed by atoms with Crippen molar-refractivity contribution in [3.05, 3.63) is 46.5 Å². The van der Waals surface area contributed by atoms with Gasteiger partial charge in [-0.15, -0.1) is 0 Å².